The molecule has 3 rings (SSSR count). The predicted octanol–water partition coefficient (Wildman–Crippen LogP) is 3.77. The third-order valence-electron chi connectivity index (χ3n) is 3.47. The van der Waals surface area contributed by atoms with Crippen molar-refractivity contribution in [1.82, 2.24) is 9.97 Å². The number of rotatable bonds is 4. The van der Waals surface area contributed by atoms with Crippen molar-refractivity contribution >= 4 is 49.2 Å². The number of amides is 1. The molecule has 3 aromatic rings. The minimum Gasteiger partial charge on any atom is -0.495 e. The number of nitrogens with zero attached hydrogens (tertiary/aromatic N) is 1. The number of hydrogen-bond donors (Lipinski definition) is 2. The monoisotopic (exact) mass is 407 g/mol. The van der Waals surface area contributed by atoms with Gasteiger partial charge >= 0.3 is 0 Å². The van der Waals surface area contributed by atoms with Crippen LogP contribution in [0.2, 0.25) is 0 Å². The lowest BCUT2D eigenvalue weighted by Gasteiger charge is -2.08. The first-order valence-electron chi connectivity index (χ1n) is 7.18. The lowest BCUT2D eigenvalue weighted by atomic mass is 10.1. The largest absolute Gasteiger partial charge is 0.495 e. The molecule has 0 saturated carbocycles. The molecule has 0 aliphatic carbocycles. The van der Waals surface area contributed by atoms with Crippen LogP contribution < -0.4 is 15.5 Å². The summed E-state index contributed by atoms with van der Waals surface area (Å²) in [5.41, 5.74) is 1.70. The van der Waals surface area contributed by atoms with Gasteiger partial charge in [0.1, 0.15) is 5.75 Å². The standard InChI is InChI=1S/C16H14BrN3O3S/c1-3-13(22)20-16-19-10(7-24-16)9-6-11(21)8-4-5-12(23-2)14(17)15(8)18-9/h4-7H,3H2,1-2H3,(H,18,21)(H,19,20,22). The number of aromatic amines is 1. The fourth-order valence-corrected chi connectivity index (χ4v) is 3.56. The number of fused-ring (bicyclic) bond motifs is 1. The third-order valence-corrected chi connectivity index (χ3v) is 5.02. The number of carbonyl (C=O) groups is 1. The van der Waals surface area contributed by atoms with E-state index < -0.39 is 0 Å². The predicted molar refractivity (Wildman–Crippen MR) is 98.8 cm³/mol. The van der Waals surface area contributed by atoms with Crippen LogP contribution in [0.1, 0.15) is 13.3 Å². The molecule has 0 spiro atoms. The zero-order chi connectivity index (χ0) is 17.3. The molecule has 24 heavy (non-hydrogen) atoms. The Morgan fingerprint density at radius 1 is 1.46 bits per heavy atom. The maximum atomic E-state index is 12.4. The molecule has 1 aromatic carbocycles. The molecular formula is C16H14BrN3O3S. The molecule has 2 heterocycles. The van der Waals surface area contributed by atoms with Gasteiger partial charge in [0.15, 0.2) is 10.6 Å². The van der Waals surface area contributed by atoms with Crippen LogP contribution in [0.5, 0.6) is 5.75 Å². The molecule has 1 amide bonds. The van der Waals surface area contributed by atoms with Gasteiger partial charge in [-0.2, -0.15) is 0 Å². The maximum Gasteiger partial charge on any atom is 0.225 e. The van der Waals surface area contributed by atoms with Crippen molar-refractivity contribution in [2.75, 3.05) is 12.4 Å². The van der Waals surface area contributed by atoms with E-state index in [9.17, 15) is 9.59 Å². The summed E-state index contributed by atoms with van der Waals surface area (Å²) in [4.78, 5) is 31.4. The summed E-state index contributed by atoms with van der Waals surface area (Å²) in [5.74, 6) is 0.528. The molecule has 2 N–H and O–H groups in total. The minimum absolute atomic E-state index is 0.101. The number of methoxy groups -OCH3 is 1. The van der Waals surface area contributed by atoms with Gasteiger partial charge in [-0.05, 0) is 28.1 Å². The third kappa shape index (κ3) is 3.07. The van der Waals surface area contributed by atoms with Crippen LogP contribution in [0.4, 0.5) is 5.13 Å². The number of hydrogen-bond acceptors (Lipinski definition) is 5. The number of H-pyrrole nitrogens is 1. The summed E-state index contributed by atoms with van der Waals surface area (Å²) >= 11 is 4.77. The van der Waals surface area contributed by atoms with Crippen LogP contribution in [0.25, 0.3) is 22.3 Å². The van der Waals surface area contributed by atoms with Crippen LogP contribution in [0.3, 0.4) is 0 Å². The molecule has 0 atom stereocenters. The average Bonchev–Trinajstić information content (AvgIpc) is 3.04. The van der Waals surface area contributed by atoms with E-state index in [2.05, 4.69) is 31.2 Å². The van der Waals surface area contributed by atoms with Gasteiger partial charge in [-0.3, -0.25) is 9.59 Å². The van der Waals surface area contributed by atoms with E-state index in [1.807, 2.05) is 0 Å². The second kappa shape index (κ2) is 6.74. The van der Waals surface area contributed by atoms with Crippen molar-refractivity contribution < 1.29 is 9.53 Å². The van der Waals surface area contributed by atoms with E-state index in [-0.39, 0.29) is 11.3 Å². The van der Waals surface area contributed by atoms with E-state index >= 15 is 0 Å². The summed E-state index contributed by atoms with van der Waals surface area (Å²) in [6.45, 7) is 1.77. The Morgan fingerprint density at radius 2 is 2.25 bits per heavy atom. The highest BCUT2D eigenvalue weighted by Gasteiger charge is 2.13. The summed E-state index contributed by atoms with van der Waals surface area (Å²) in [6.07, 6.45) is 0.383. The first-order valence-corrected chi connectivity index (χ1v) is 8.86. The molecule has 0 saturated heterocycles. The fraction of sp³-hybridized carbons (Fsp3) is 0.188. The van der Waals surface area contributed by atoms with Crippen LogP contribution in [0.15, 0.2) is 32.8 Å². The van der Waals surface area contributed by atoms with E-state index in [1.165, 1.54) is 17.4 Å². The summed E-state index contributed by atoms with van der Waals surface area (Å²) in [5, 5.41) is 5.56. The SMILES string of the molecule is CCC(=O)Nc1nc(-c2cc(=O)c3ccc(OC)c(Br)c3[nH]2)cs1. The van der Waals surface area contributed by atoms with Crippen LogP contribution >= 0.6 is 27.3 Å². The van der Waals surface area contributed by atoms with Gasteiger partial charge in [-0.25, -0.2) is 4.98 Å². The molecule has 0 unspecified atom stereocenters. The highest BCUT2D eigenvalue weighted by Crippen LogP contribution is 2.32. The molecule has 2 aromatic heterocycles. The normalized spacial score (nSPS) is 10.8. The topological polar surface area (TPSA) is 84.1 Å². The smallest absolute Gasteiger partial charge is 0.225 e. The van der Waals surface area contributed by atoms with E-state index in [4.69, 9.17) is 4.74 Å². The van der Waals surface area contributed by atoms with Gasteiger partial charge in [0.05, 0.1) is 28.5 Å². The van der Waals surface area contributed by atoms with Crippen LogP contribution in [-0.2, 0) is 4.79 Å². The summed E-state index contributed by atoms with van der Waals surface area (Å²) < 4.78 is 5.95. The Morgan fingerprint density at radius 3 is 2.96 bits per heavy atom. The Bertz CT molecular complexity index is 980. The van der Waals surface area contributed by atoms with E-state index in [0.717, 1.165) is 0 Å². The first-order chi connectivity index (χ1) is 11.5. The van der Waals surface area contributed by atoms with Gasteiger partial charge in [0.2, 0.25) is 5.91 Å². The van der Waals surface area contributed by atoms with Crippen molar-refractivity contribution in [3.63, 3.8) is 0 Å². The molecule has 0 bridgehead atoms. The van der Waals surface area contributed by atoms with Crippen molar-refractivity contribution in [2.24, 2.45) is 0 Å². The highest BCUT2D eigenvalue weighted by molar-refractivity contribution is 9.10. The van der Waals surface area contributed by atoms with Crippen molar-refractivity contribution in [3.8, 4) is 17.1 Å². The number of ether oxygens (including phenoxy) is 1. The first kappa shape index (κ1) is 16.7. The molecule has 6 nitrogen and oxygen atoms in total. The Hall–Kier alpha value is -2.19. The summed E-state index contributed by atoms with van der Waals surface area (Å²) in [7, 11) is 1.57. The number of pyridine rings is 1. The van der Waals surface area contributed by atoms with Crippen LogP contribution in [0, 0.1) is 0 Å². The van der Waals surface area contributed by atoms with E-state index in [0.29, 0.717) is 44.1 Å². The minimum atomic E-state index is -0.116. The van der Waals surface area contributed by atoms with Gasteiger partial charge in [-0.15, -0.1) is 11.3 Å². The number of thiazole rings is 1. The Balaban J connectivity index is 2.09. The fourth-order valence-electron chi connectivity index (χ4n) is 2.22. The van der Waals surface area contributed by atoms with Gasteiger partial charge < -0.3 is 15.0 Å². The second-order valence-corrected chi connectivity index (χ2v) is 6.64. The zero-order valence-electron chi connectivity index (χ0n) is 13.0. The average molecular weight is 408 g/mol. The highest BCUT2D eigenvalue weighted by atomic mass is 79.9. The number of anilines is 1. The van der Waals surface area contributed by atoms with Gasteiger partial charge in [0, 0.05) is 23.3 Å². The second-order valence-electron chi connectivity index (χ2n) is 4.99. The molecule has 124 valence electrons. The molecule has 0 aliphatic rings. The van der Waals surface area contributed by atoms with Gasteiger partial charge in [-0.1, -0.05) is 6.92 Å². The number of carbonyl (C=O) groups excluding carboxylic acids is 1. The number of aromatic nitrogens is 2. The lowest BCUT2D eigenvalue weighted by Crippen LogP contribution is -2.09. The molecule has 8 heteroatoms. The van der Waals surface area contributed by atoms with Crippen molar-refractivity contribution in [1.29, 1.82) is 0 Å². The van der Waals surface area contributed by atoms with Crippen molar-refractivity contribution in [2.45, 2.75) is 13.3 Å². The Labute approximate surface area is 150 Å². The van der Waals surface area contributed by atoms with Crippen LogP contribution in [-0.4, -0.2) is 23.0 Å². The van der Waals surface area contributed by atoms with Gasteiger partial charge in [0.25, 0.3) is 0 Å². The number of halogens is 1. The zero-order valence-corrected chi connectivity index (χ0v) is 15.4. The van der Waals surface area contributed by atoms with E-state index in [1.54, 1.807) is 31.5 Å². The lowest BCUT2D eigenvalue weighted by molar-refractivity contribution is -0.115. The number of nitrogens with one attached hydrogen (secondary N) is 2. The van der Waals surface area contributed by atoms with Crippen molar-refractivity contribution in [3.05, 3.63) is 38.3 Å². The quantitative estimate of drug-likeness (QED) is 0.689. The summed E-state index contributed by atoms with van der Waals surface area (Å²) in [6, 6.07) is 4.96. The molecule has 0 radical (unpaired) electrons. The molecule has 0 aliphatic heterocycles. The molecule has 0 fully saturated rings. The maximum absolute atomic E-state index is 12.4. The molecular weight excluding hydrogens is 394 g/mol. The number of benzene rings is 1. The Kier molecular flexibility index (Phi) is 4.68.